The quantitative estimate of drug-likeness (QED) is 0.0317. The van der Waals surface area contributed by atoms with E-state index in [4.69, 9.17) is 17.2 Å². The van der Waals surface area contributed by atoms with Crippen LogP contribution in [0, 0.1) is 10.1 Å². The summed E-state index contributed by atoms with van der Waals surface area (Å²) >= 11 is 0.925. The van der Waals surface area contributed by atoms with Crippen LogP contribution in [-0.2, 0) is 49.7 Å². The van der Waals surface area contributed by atoms with E-state index in [1.54, 1.807) is 48.7 Å². The van der Waals surface area contributed by atoms with Gasteiger partial charge < -0.3 is 48.8 Å². The van der Waals surface area contributed by atoms with Crippen molar-refractivity contribution in [3.63, 3.8) is 0 Å². The van der Waals surface area contributed by atoms with E-state index in [2.05, 4.69) is 36.6 Å². The fourth-order valence-corrected chi connectivity index (χ4v) is 9.25. The van der Waals surface area contributed by atoms with E-state index < -0.39 is 75.8 Å². The Morgan fingerprint density at radius 1 is 0.773 bits per heavy atom. The number of aromatic amines is 1. The van der Waals surface area contributed by atoms with Gasteiger partial charge in [-0.1, -0.05) is 72.8 Å². The maximum absolute atomic E-state index is 14.9. The number of amides is 6. The Bertz CT molecular complexity index is 2680. The van der Waals surface area contributed by atoms with Crippen molar-refractivity contribution in [3.8, 4) is 0 Å². The average Bonchev–Trinajstić information content (AvgIpc) is 3.89. The summed E-state index contributed by atoms with van der Waals surface area (Å²) in [4.78, 5) is 105. The number of nitro groups is 1. The minimum atomic E-state index is -1.71. The molecule has 342 valence electrons. The highest BCUT2D eigenvalue weighted by molar-refractivity contribution is 7.99. The van der Waals surface area contributed by atoms with Crippen molar-refractivity contribution < 1.29 is 33.7 Å². The number of thioether (sulfide) groups is 1. The molecule has 2 heterocycles. The van der Waals surface area contributed by atoms with Gasteiger partial charge in [0.05, 0.1) is 10.5 Å². The van der Waals surface area contributed by atoms with Gasteiger partial charge in [-0.25, -0.2) is 0 Å². The van der Waals surface area contributed by atoms with Crippen LogP contribution in [0.1, 0.15) is 45.5 Å². The van der Waals surface area contributed by atoms with Gasteiger partial charge in [0.25, 0.3) is 11.6 Å². The molecule has 1 aromatic heterocycles. The standard InChI is InChI=1S/C46H49N11O8S/c47-39(58)37-25-66-38-17-16-30(57(64)65)21-32(38)40(59)56-46(22-27-11-4-5-12-28(27)23-46)44(63)55-35(19-26-9-2-1-3-10-26)42(61)52-34(15-8-18-50-45(48)49)41(60)53-36(43(62)54-37)20-29-24-51-33-14-7-6-13-31(29)33/h1-7,9-14,16-17,21,24,34-37,51H,8,15,18-20,22-23,25H2,(H2,47,58)(H,52,61)(H,53,60)(H,54,62)(H,55,63)(H,56,59)(H4,48,49,50). The number of guanidine groups is 1. The molecule has 12 N–H and O–H groups in total. The van der Waals surface area contributed by atoms with Crippen LogP contribution in [0.2, 0.25) is 0 Å². The smallest absolute Gasteiger partial charge is 0.270 e. The van der Waals surface area contributed by atoms with E-state index >= 15 is 0 Å². The lowest BCUT2D eigenvalue weighted by Gasteiger charge is -2.32. The average molecular weight is 916 g/mol. The largest absolute Gasteiger partial charge is 0.370 e. The number of nitrogens with zero attached hydrogens (tertiary/aromatic N) is 2. The zero-order valence-corrected chi connectivity index (χ0v) is 36.4. The second-order valence-corrected chi connectivity index (χ2v) is 17.3. The van der Waals surface area contributed by atoms with E-state index in [0.29, 0.717) is 11.1 Å². The van der Waals surface area contributed by atoms with Crippen LogP contribution in [0.3, 0.4) is 0 Å². The number of aromatic nitrogens is 1. The zero-order valence-electron chi connectivity index (χ0n) is 35.6. The Kier molecular flexibility index (Phi) is 14.3. The van der Waals surface area contributed by atoms with E-state index in [-0.39, 0.29) is 67.2 Å². The second-order valence-electron chi connectivity index (χ2n) is 16.2. The summed E-state index contributed by atoms with van der Waals surface area (Å²) in [5.41, 5.74) is 18.3. The van der Waals surface area contributed by atoms with Crippen LogP contribution >= 0.6 is 11.8 Å². The molecule has 5 aromatic rings. The zero-order chi connectivity index (χ0) is 47.0. The third-order valence-electron chi connectivity index (χ3n) is 11.6. The van der Waals surface area contributed by atoms with Crippen molar-refractivity contribution in [1.29, 1.82) is 0 Å². The lowest BCUT2D eigenvalue weighted by Crippen LogP contribution is -2.64. The number of nitrogens with two attached hydrogens (primary N) is 3. The molecule has 6 amide bonds. The molecule has 1 spiro atoms. The van der Waals surface area contributed by atoms with Crippen molar-refractivity contribution in [2.75, 3.05) is 12.3 Å². The van der Waals surface area contributed by atoms with Gasteiger partial charge in [-0.3, -0.25) is 43.9 Å². The summed E-state index contributed by atoms with van der Waals surface area (Å²) in [5, 5.41) is 26.8. The number of aliphatic imine (C=N–C) groups is 1. The molecule has 19 nitrogen and oxygen atoms in total. The molecule has 4 aromatic carbocycles. The van der Waals surface area contributed by atoms with E-state index in [0.717, 1.165) is 39.9 Å². The summed E-state index contributed by atoms with van der Waals surface area (Å²) in [6.07, 6.45) is 1.78. The van der Waals surface area contributed by atoms with Crippen molar-refractivity contribution in [1.82, 2.24) is 31.6 Å². The normalized spacial score (nSPS) is 20.2. The van der Waals surface area contributed by atoms with Gasteiger partial charge in [0.15, 0.2) is 5.96 Å². The Morgan fingerprint density at radius 3 is 2.11 bits per heavy atom. The predicted octanol–water partition coefficient (Wildman–Crippen LogP) is 1.41. The van der Waals surface area contributed by atoms with E-state index in [9.17, 15) is 38.9 Å². The highest BCUT2D eigenvalue weighted by atomic mass is 32.2. The summed E-state index contributed by atoms with van der Waals surface area (Å²) in [6, 6.07) is 21.7. The molecule has 1 aliphatic heterocycles. The van der Waals surface area contributed by atoms with Crippen molar-refractivity contribution in [2.45, 2.75) is 73.1 Å². The number of para-hydroxylation sites is 1. The van der Waals surface area contributed by atoms with E-state index in [1.807, 2.05) is 36.4 Å². The Morgan fingerprint density at radius 2 is 1.41 bits per heavy atom. The summed E-state index contributed by atoms with van der Waals surface area (Å²) in [7, 11) is 0. The lowest BCUT2D eigenvalue weighted by molar-refractivity contribution is -0.384. The number of benzene rings is 4. The van der Waals surface area contributed by atoms with Crippen LogP contribution in [0.25, 0.3) is 10.9 Å². The number of hydrogen-bond acceptors (Lipinski definition) is 10. The van der Waals surface area contributed by atoms with Crippen molar-refractivity contribution >= 4 is 69.8 Å². The molecule has 4 unspecified atom stereocenters. The first-order valence-electron chi connectivity index (χ1n) is 21.2. The number of H-pyrrole nitrogens is 1. The maximum atomic E-state index is 14.9. The highest BCUT2D eigenvalue weighted by Crippen LogP contribution is 2.33. The first-order chi connectivity index (χ1) is 31.7. The molecule has 66 heavy (non-hydrogen) atoms. The SMILES string of the molecule is NC(=O)C1CSc2ccc([N+](=O)[O-])cc2C(=O)NC2(Cc3ccccc3C2)C(=O)NC(Cc2ccccc2)C(=O)NC(CCCN=C(N)N)C(=O)NC(Cc2c[nH]c3ccccc23)C(=O)N1. The number of rotatable bonds is 10. The van der Waals surface area contributed by atoms with Gasteiger partial charge in [-0.15, -0.1) is 11.8 Å². The van der Waals surface area contributed by atoms with Gasteiger partial charge >= 0.3 is 0 Å². The fraction of sp³-hybridized carbons (Fsp3) is 0.283. The molecule has 20 heteroatoms. The first-order valence-corrected chi connectivity index (χ1v) is 22.1. The predicted molar refractivity (Wildman–Crippen MR) is 247 cm³/mol. The lowest BCUT2D eigenvalue weighted by atomic mass is 9.92. The van der Waals surface area contributed by atoms with Gasteiger partial charge in [0.1, 0.15) is 29.7 Å². The Labute approximate surface area is 382 Å². The van der Waals surface area contributed by atoms with Crippen LogP contribution in [0.15, 0.2) is 113 Å². The fourth-order valence-electron chi connectivity index (χ4n) is 8.18. The monoisotopic (exact) mass is 915 g/mol. The first kappa shape index (κ1) is 46.3. The number of carbonyl (C=O) groups is 6. The summed E-state index contributed by atoms with van der Waals surface area (Å²) in [5.74, 6) is -5.24. The van der Waals surface area contributed by atoms with Gasteiger partial charge in [-0.05, 0) is 47.2 Å². The molecule has 0 fully saturated rings. The number of carbonyl (C=O) groups excluding carboxylic acids is 6. The Balaban J connectivity index is 1.32. The third-order valence-corrected chi connectivity index (χ3v) is 12.8. The molecular weight excluding hydrogens is 867 g/mol. The second kappa shape index (κ2) is 20.4. The molecular formula is C46H49N11O8S. The minimum Gasteiger partial charge on any atom is -0.370 e. The molecule has 2 aliphatic rings. The third kappa shape index (κ3) is 10.9. The maximum Gasteiger partial charge on any atom is 0.270 e. The van der Waals surface area contributed by atoms with Crippen molar-refractivity contribution in [3.05, 3.63) is 141 Å². The minimum absolute atomic E-state index is 0.00124. The number of non-ortho nitro benzene ring substituents is 1. The van der Waals surface area contributed by atoms with Crippen molar-refractivity contribution in [2.24, 2.45) is 22.2 Å². The number of primary amides is 1. The van der Waals surface area contributed by atoms with Gasteiger partial charge in [0.2, 0.25) is 29.5 Å². The number of nitrogens with one attached hydrogen (secondary N) is 6. The summed E-state index contributed by atoms with van der Waals surface area (Å²) in [6.45, 7) is 0.0949. The van der Waals surface area contributed by atoms with Crippen LogP contribution in [0.4, 0.5) is 5.69 Å². The van der Waals surface area contributed by atoms with E-state index in [1.165, 1.54) is 12.1 Å². The molecule has 0 bridgehead atoms. The van der Waals surface area contributed by atoms with Gasteiger partial charge in [-0.2, -0.15) is 0 Å². The number of fused-ring (bicyclic) bond motifs is 3. The molecule has 0 saturated heterocycles. The molecule has 1 aliphatic carbocycles. The van der Waals surface area contributed by atoms with Crippen LogP contribution < -0.4 is 43.8 Å². The van der Waals surface area contributed by atoms with Crippen LogP contribution in [-0.4, -0.2) is 93.3 Å². The molecule has 4 atom stereocenters. The molecule has 7 rings (SSSR count). The highest BCUT2D eigenvalue weighted by Gasteiger charge is 2.47. The van der Waals surface area contributed by atoms with Crippen LogP contribution in [0.5, 0.6) is 0 Å². The topological polar surface area (TPSA) is 312 Å². The summed E-state index contributed by atoms with van der Waals surface area (Å²) < 4.78 is 0. The van der Waals surface area contributed by atoms with Gasteiger partial charge in [0, 0.05) is 72.1 Å². The number of nitro benzene ring substituents is 1. The molecule has 0 saturated carbocycles. The Hall–Kier alpha value is -7.74. The molecule has 0 radical (unpaired) electrons. The number of hydrogen-bond donors (Lipinski definition) is 9.